The van der Waals surface area contributed by atoms with Crippen LogP contribution in [0.1, 0.15) is 24.5 Å². The number of alkyl halides is 3. The second kappa shape index (κ2) is 7.11. The lowest BCUT2D eigenvalue weighted by Gasteiger charge is -2.35. The highest BCUT2D eigenvalue weighted by Gasteiger charge is 2.44. The zero-order valence-electron chi connectivity index (χ0n) is 12.2. The molecule has 0 spiro atoms. The van der Waals surface area contributed by atoms with Crippen LogP contribution in [-0.2, 0) is 0 Å². The number of aliphatic hydroxyl groups is 2. The van der Waals surface area contributed by atoms with Crippen molar-refractivity contribution in [3.63, 3.8) is 0 Å². The Kier molecular flexibility index (Phi) is 5.59. The summed E-state index contributed by atoms with van der Waals surface area (Å²) in [6.45, 7) is 0.350. The fraction of sp³-hybridized carbons (Fsp3) is 0.600. The molecule has 0 bridgehead atoms. The second-order valence-corrected chi connectivity index (χ2v) is 5.78. The lowest BCUT2D eigenvalue weighted by molar-refractivity contribution is -0.223. The van der Waals surface area contributed by atoms with Crippen LogP contribution in [0.15, 0.2) is 18.2 Å². The van der Waals surface area contributed by atoms with Crippen molar-refractivity contribution >= 4 is 0 Å². The summed E-state index contributed by atoms with van der Waals surface area (Å²) in [4.78, 5) is 1.64. The molecular weight excluding hydrogens is 321 g/mol. The average Bonchev–Trinajstić information content (AvgIpc) is 2.46. The molecule has 1 aromatic rings. The lowest BCUT2D eigenvalue weighted by atomic mass is 9.90. The van der Waals surface area contributed by atoms with E-state index in [9.17, 15) is 32.2 Å². The molecule has 0 aromatic heterocycles. The molecule has 2 unspecified atom stereocenters. The van der Waals surface area contributed by atoms with Gasteiger partial charge in [-0.3, -0.25) is 0 Å². The van der Waals surface area contributed by atoms with E-state index >= 15 is 0 Å². The zero-order chi connectivity index (χ0) is 17.2. The van der Waals surface area contributed by atoms with Crippen LogP contribution in [0.5, 0.6) is 0 Å². The summed E-state index contributed by atoms with van der Waals surface area (Å²) >= 11 is 0. The minimum Gasteiger partial charge on any atom is -0.387 e. The standard InChI is InChI=1S/C15H18F5NO2/c16-10-2-1-3-11(17)13(10)12(22)8-21-6-4-9(5-7-21)14(23)15(18,19)20/h1-3,9,12,14,22-23H,4-8H2. The first kappa shape index (κ1) is 18.1. The molecule has 23 heavy (non-hydrogen) atoms. The topological polar surface area (TPSA) is 43.7 Å². The molecule has 1 aromatic carbocycles. The Morgan fingerprint density at radius 3 is 2.09 bits per heavy atom. The summed E-state index contributed by atoms with van der Waals surface area (Å²) in [5.41, 5.74) is -0.440. The number of piperidine rings is 1. The van der Waals surface area contributed by atoms with E-state index in [0.29, 0.717) is 0 Å². The molecule has 0 aliphatic carbocycles. The van der Waals surface area contributed by atoms with E-state index in [0.717, 1.165) is 12.1 Å². The smallest absolute Gasteiger partial charge is 0.387 e. The molecule has 0 radical (unpaired) electrons. The molecule has 2 rings (SSSR count). The van der Waals surface area contributed by atoms with Crippen molar-refractivity contribution in [2.45, 2.75) is 31.2 Å². The van der Waals surface area contributed by atoms with Gasteiger partial charge in [0.05, 0.1) is 11.7 Å². The largest absolute Gasteiger partial charge is 0.414 e. The summed E-state index contributed by atoms with van der Waals surface area (Å²) < 4.78 is 64.5. The van der Waals surface area contributed by atoms with Gasteiger partial charge in [0.25, 0.3) is 0 Å². The van der Waals surface area contributed by atoms with Crippen molar-refractivity contribution in [2.75, 3.05) is 19.6 Å². The van der Waals surface area contributed by atoms with Crippen LogP contribution in [0.25, 0.3) is 0 Å². The quantitative estimate of drug-likeness (QED) is 0.829. The van der Waals surface area contributed by atoms with Gasteiger partial charge in [-0.05, 0) is 44.0 Å². The lowest BCUT2D eigenvalue weighted by Crippen LogP contribution is -2.44. The summed E-state index contributed by atoms with van der Waals surface area (Å²) in [5.74, 6) is -2.62. The Morgan fingerprint density at radius 2 is 1.61 bits per heavy atom. The van der Waals surface area contributed by atoms with Gasteiger partial charge in [0.1, 0.15) is 11.6 Å². The van der Waals surface area contributed by atoms with Crippen LogP contribution in [-0.4, -0.2) is 47.0 Å². The number of likely N-dealkylation sites (tertiary alicyclic amines) is 1. The molecule has 2 atom stereocenters. The predicted molar refractivity (Wildman–Crippen MR) is 72.5 cm³/mol. The van der Waals surface area contributed by atoms with Gasteiger partial charge >= 0.3 is 6.18 Å². The van der Waals surface area contributed by atoms with Crippen molar-refractivity contribution in [3.05, 3.63) is 35.4 Å². The van der Waals surface area contributed by atoms with E-state index in [4.69, 9.17) is 0 Å². The van der Waals surface area contributed by atoms with E-state index in [1.54, 1.807) is 4.90 Å². The average molecular weight is 339 g/mol. The van der Waals surface area contributed by atoms with Crippen molar-refractivity contribution in [2.24, 2.45) is 5.92 Å². The second-order valence-electron chi connectivity index (χ2n) is 5.78. The molecule has 3 nitrogen and oxygen atoms in total. The Balaban J connectivity index is 1.92. The minimum atomic E-state index is -4.65. The number of hydrogen-bond donors (Lipinski definition) is 2. The Morgan fingerprint density at radius 1 is 1.09 bits per heavy atom. The SMILES string of the molecule is OC(CN1CCC(C(O)C(F)(F)F)CC1)c1c(F)cccc1F. The van der Waals surface area contributed by atoms with Crippen LogP contribution in [0.4, 0.5) is 22.0 Å². The molecule has 8 heteroatoms. The third-order valence-corrected chi connectivity index (χ3v) is 4.18. The summed E-state index contributed by atoms with van der Waals surface area (Å²) in [5, 5.41) is 19.2. The maximum Gasteiger partial charge on any atom is 0.414 e. The Hall–Kier alpha value is -1.25. The van der Waals surface area contributed by atoms with E-state index < -0.39 is 41.5 Å². The maximum atomic E-state index is 13.6. The number of benzene rings is 1. The van der Waals surface area contributed by atoms with Gasteiger partial charge in [-0.1, -0.05) is 6.07 Å². The highest BCUT2D eigenvalue weighted by atomic mass is 19.4. The van der Waals surface area contributed by atoms with E-state index in [-0.39, 0.29) is 32.5 Å². The van der Waals surface area contributed by atoms with Crippen molar-refractivity contribution < 1.29 is 32.2 Å². The van der Waals surface area contributed by atoms with Crippen LogP contribution in [0.3, 0.4) is 0 Å². The molecule has 1 fully saturated rings. The molecule has 1 heterocycles. The molecule has 0 saturated carbocycles. The van der Waals surface area contributed by atoms with Crippen molar-refractivity contribution in [3.8, 4) is 0 Å². The first-order chi connectivity index (χ1) is 10.7. The van der Waals surface area contributed by atoms with Crippen molar-refractivity contribution in [1.29, 1.82) is 0 Å². The highest BCUT2D eigenvalue weighted by Crippen LogP contribution is 2.32. The molecular formula is C15H18F5NO2. The molecule has 1 aliphatic rings. The van der Waals surface area contributed by atoms with Gasteiger partial charge in [-0.2, -0.15) is 13.2 Å². The van der Waals surface area contributed by atoms with Crippen LogP contribution >= 0.6 is 0 Å². The van der Waals surface area contributed by atoms with E-state index in [1.165, 1.54) is 6.07 Å². The van der Waals surface area contributed by atoms with E-state index in [2.05, 4.69) is 0 Å². The van der Waals surface area contributed by atoms with Gasteiger partial charge in [-0.15, -0.1) is 0 Å². The summed E-state index contributed by atoms with van der Waals surface area (Å²) in [6, 6.07) is 3.26. The molecule has 2 N–H and O–H groups in total. The maximum absolute atomic E-state index is 13.6. The third-order valence-electron chi connectivity index (χ3n) is 4.18. The van der Waals surface area contributed by atoms with E-state index in [1.807, 2.05) is 0 Å². The van der Waals surface area contributed by atoms with Crippen LogP contribution < -0.4 is 0 Å². The third kappa shape index (κ3) is 4.39. The molecule has 1 aliphatic heterocycles. The number of halogens is 5. The number of rotatable bonds is 4. The minimum absolute atomic E-state index is 0.0767. The highest BCUT2D eigenvalue weighted by molar-refractivity contribution is 5.22. The Labute approximate surface area is 130 Å². The number of nitrogens with zero attached hydrogens (tertiary/aromatic N) is 1. The molecule has 1 saturated heterocycles. The first-order valence-electron chi connectivity index (χ1n) is 7.29. The fourth-order valence-electron chi connectivity index (χ4n) is 2.88. The van der Waals surface area contributed by atoms with Crippen LogP contribution in [0.2, 0.25) is 0 Å². The monoisotopic (exact) mass is 339 g/mol. The van der Waals surface area contributed by atoms with Crippen molar-refractivity contribution in [1.82, 2.24) is 4.90 Å². The number of aliphatic hydroxyl groups excluding tert-OH is 2. The number of hydrogen-bond acceptors (Lipinski definition) is 3. The fourth-order valence-corrected chi connectivity index (χ4v) is 2.88. The van der Waals surface area contributed by atoms with Gasteiger partial charge in [-0.25, -0.2) is 8.78 Å². The van der Waals surface area contributed by atoms with Gasteiger partial charge in [0.2, 0.25) is 0 Å². The summed E-state index contributed by atoms with van der Waals surface area (Å²) in [6.07, 6.45) is -8.21. The molecule has 130 valence electrons. The summed E-state index contributed by atoms with van der Waals surface area (Å²) in [7, 11) is 0. The van der Waals surface area contributed by atoms with Gasteiger partial charge in [0.15, 0.2) is 6.10 Å². The first-order valence-corrected chi connectivity index (χ1v) is 7.29. The predicted octanol–water partition coefficient (Wildman–Crippen LogP) is 2.63. The Bertz CT molecular complexity index is 509. The zero-order valence-corrected chi connectivity index (χ0v) is 12.2. The van der Waals surface area contributed by atoms with Gasteiger partial charge < -0.3 is 15.1 Å². The normalized spacial score (nSPS) is 20.5. The number of β-amino-alcohol motifs (C(OH)–C–C–N with tert-alkyl or cyclic N) is 1. The van der Waals surface area contributed by atoms with Crippen LogP contribution in [0, 0.1) is 17.6 Å². The molecule has 0 amide bonds. The van der Waals surface area contributed by atoms with Gasteiger partial charge in [0, 0.05) is 6.54 Å².